The van der Waals surface area contributed by atoms with E-state index in [1.165, 1.54) is 13.2 Å². The smallest absolute Gasteiger partial charge is 0.339 e. The fourth-order valence-electron chi connectivity index (χ4n) is 2.19. The predicted octanol–water partition coefficient (Wildman–Crippen LogP) is 4.17. The highest BCUT2D eigenvalue weighted by Crippen LogP contribution is 2.34. The largest absolute Gasteiger partial charge is 0.502 e. The number of halogens is 2. The Morgan fingerprint density at radius 1 is 0.906 bits per heavy atom. The van der Waals surface area contributed by atoms with Crippen molar-refractivity contribution in [3.8, 4) is 11.5 Å². The van der Waals surface area contributed by atoms with Crippen molar-refractivity contribution in [3.63, 3.8) is 0 Å². The molecule has 0 heterocycles. The number of benzene rings is 2. The minimum absolute atomic E-state index is 0.0233. The van der Waals surface area contributed by atoms with Crippen molar-refractivity contribution < 1.29 is 38.8 Å². The second-order valence-corrected chi connectivity index (χ2v) is 6.37. The summed E-state index contributed by atoms with van der Waals surface area (Å²) in [6.07, 6.45) is 0. The standard InChI is InChI=1S/C10H10ClNO5.C8H6ClNO5/c1-3-17-9-5-7(11)6(10(13)16-2)4-8(9)12(14)15;1-15-8(12)4-2-6(10(13)14)7(11)3-5(4)9/h4-5H,3H2,1-2H3;2-3,11H,1H3. The van der Waals surface area contributed by atoms with Crippen molar-refractivity contribution >= 4 is 46.5 Å². The van der Waals surface area contributed by atoms with Gasteiger partial charge in [-0.05, 0) is 6.92 Å². The number of ether oxygens (including phenoxy) is 3. The molecule has 0 saturated carbocycles. The van der Waals surface area contributed by atoms with Gasteiger partial charge < -0.3 is 19.3 Å². The van der Waals surface area contributed by atoms with Gasteiger partial charge in [0.05, 0.1) is 51.8 Å². The number of hydrogen-bond acceptors (Lipinski definition) is 10. The van der Waals surface area contributed by atoms with Gasteiger partial charge in [-0.15, -0.1) is 0 Å². The van der Waals surface area contributed by atoms with Gasteiger partial charge in [-0.25, -0.2) is 9.59 Å². The number of esters is 2. The molecule has 0 amide bonds. The van der Waals surface area contributed by atoms with Crippen LogP contribution in [-0.4, -0.2) is 47.7 Å². The maximum absolute atomic E-state index is 11.3. The van der Waals surface area contributed by atoms with Crippen LogP contribution in [0.3, 0.4) is 0 Å². The Labute approximate surface area is 190 Å². The number of nitro groups is 2. The predicted molar refractivity (Wildman–Crippen MR) is 112 cm³/mol. The van der Waals surface area contributed by atoms with Crippen LogP contribution in [0.1, 0.15) is 27.6 Å². The molecule has 0 aliphatic rings. The van der Waals surface area contributed by atoms with Crippen molar-refractivity contribution in [2.75, 3.05) is 20.8 Å². The average Bonchev–Trinajstić information content (AvgIpc) is 2.73. The molecule has 2 rings (SSSR count). The van der Waals surface area contributed by atoms with E-state index in [-0.39, 0.29) is 39.2 Å². The molecule has 2 aromatic carbocycles. The maximum Gasteiger partial charge on any atom is 0.339 e. The zero-order valence-corrected chi connectivity index (χ0v) is 18.3. The third-order valence-electron chi connectivity index (χ3n) is 3.62. The average molecular weight is 491 g/mol. The fourth-order valence-corrected chi connectivity index (χ4v) is 2.65. The summed E-state index contributed by atoms with van der Waals surface area (Å²) in [5.41, 5.74) is -1.15. The Hall–Kier alpha value is -3.64. The Morgan fingerprint density at radius 3 is 1.75 bits per heavy atom. The first-order valence-electron chi connectivity index (χ1n) is 8.42. The number of aromatic hydroxyl groups is 1. The number of phenols is 1. The third kappa shape index (κ3) is 6.43. The first-order chi connectivity index (χ1) is 15.0. The van der Waals surface area contributed by atoms with Crippen LogP contribution in [0.15, 0.2) is 24.3 Å². The lowest BCUT2D eigenvalue weighted by atomic mass is 10.2. The molecule has 0 atom stereocenters. The number of methoxy groups -OCH3 is 2. The number of nitrogens with zero attached hydrogens (tertiary/aromatic N) is 2. The molecule has 2 aromatic rings. The maximum atomic E-state index is 11.3. The van der Waals surface area contributed by atoms with Gasteiger partial charge in [0.2, 0.25) is 0 Å². The van der Waals surface area contributed by atoms with Crippen LogP contribution in [0.25, 0.3) is 0 Å². The molecular formula is C18H16Cl2N2O10. The topological polar surface area (TPSA) is 168 Å². The summed E-state index contributed by atoms with van der Waals surface area (Å²) in [5, 5.41) is 30.4. The molecule has 12 nitrogen and oxygen atoms in total. The van der Waals surface area contributed by atoms with Gasteiger partial charge in [-0.1, -0.05) is 23.2 Å². The lowest BCUT2D eigenvalue weighted by Gasteiger charge is -2.07. The lowest BCUT2D eigenvalue weighted by molar-refractivity contribution is -0.386. The summed E-state index contributed by atoms with van der Waals surface area (Å²) in [6, 6.07) is 4.06. The molecule has 0 aliphatic heterocycles. The van der Waals surface area contributed by atoms with E-state index < -0.39 is 33.2 Å². The zero-order chi connectivity index (χ0) is 24.6. The third-order valence-corrected chi connectivity index (χ3v) is 4.24. The van der Waals surface area contributed by atoms with Crippen LogP contribution in [-0.2, 0) is 9.47 Å². The van der Waals surface area contributed by atoms with E-state index in [2.05, 4.69) is 9.47 Å². The fraction of sp³-hybridized carbons (Fsp3) is 0.222. The summed E-state index contributed by atoms with van der Waals surface area (Å²) in [4.78, 5) is 42.2. The highest BCUT2D eigenvalue weighted by molar-refractivity contribution is 6.34. The van der Waals surface area contributed by atoms with E-state index in [9.17, 15) is 29.8 Å². The van der Waals surface area contributed by atoms with Crippen molar-refractivity contribution in [3.05, 3.63) is 65.7 Å². The normalized spacial score (nSPS) is 9.78. The zero-order valence-electron chi connectivity index (χ0n) is 16.8. The van der Waals surface area contributed by atoms with Gasteiger partial charge in [0, 0.05) is 24.3 Å². The van der Waals surface area contributed by atoms with Gasteiger partial charge >= 0.3 is 23.3 Å². The Balaban J connectivity index is 0.000000323. The van der Waals surface area contributed by atoms with Crippen LogP contribution in [0.2, 0.25) is 10.0 Å². The van der Waals surface area contributed by atoms with Gasteiger partial charge in [0.25, 0.3) is 0 Å². The Kier molecular flexibility index (Phi) is 9.63. The number of hydrogen-bond donors (Lipinski definition) is 1. The van der Waals surface area contributed by atoms with E-state index in [0.29, 0.717) is 0 Å². The molecular weight excluding hydrogens is 475 g/mol. The van der Waals surface area contributed by atoms with E-state index >= 15 is 0 Å². The van der Waals surface area contributed by atoms with Crippen LogP contribution < -0.4 is 4.74 Å². The first kappa shape index (κ1) is 26.4. The molecule has 0 aromatic heterocycles. The van der Waals surface area contributed by atoms with E-state index in [0.717, 1.165) is 25.3 Å². The highest BCUT2D eigenvalue weighted by Gasteiger charge is 2.23. The molecule has 172 valence electrons. The van der Waals surface area contributed by atoms with E-state index in [1.54, 1.807) is 6.92 Å². The number of rotatable bonds is 6. The van der Waals surface area contributed by atoms with Crippen LogP contribution >= 0.6 is 23.2 Å². The monoisotopic (exact) mass is 490 g/mol. The summed E-state index contributed by atoms with van der Waals surface area (Å²) < 4.78 is 13.9. The summed E-state index contributed by atoms with van der Waals surface area (Å²) in [6.45, 7) is 1.95. The molecule has 14 heteroatoms. The minimum Gasteiger partial charge on any atom is -0.502 e. The second kappa shape index (κ2) is 11.7. The quantitative estimate of drug-likeness (QED) is 0.352. The summed E-state index contributed by atoms with van der Waals surface area (Å²) >= 11 is 11.4. The molecule has 0 spiro atoms. The highest BCUT2D eigenvalue weighted by atomic mass is 35.5. The molecule has 0 unspecified atom stereocenters. The van der Waals surface area contributed by atoms with E-state index in [1.807, 2.05) is 0 Å². The van der Waals surface area contributed by atoms with E-state index in [4.69, 9.17) is 33.0 Å². The SMILES string of the molecule is CCOc1cc(Cl)c(C(=O)OC)cc1[N+](=O)[O-].COC(=O)c1cc([N+](=O)[O-])c(O)cc1Cl. The Bertz CT molecular complexity index is 1060. The van der Waals surface area contributed by atoms with Crippen molar-refractivity contribution in [1.82, 2.24) is 0 Å². The number of carbonyl (C=O) groups excluding carboxylic acids is 2. The van der Waals surface area contributed by atoms with Gasteiger partial charge in [0.15, 0.2) is 11.5 Å². The number of carbonyl (C=O) groups is 2. The number of phenolic OH excluding ortho intramolecular Hbond substituents is 1. The summed E-state index contributed by atoms with van der Waals surface area (Å²) in [5.74, 6) is -2.11. The lowest BCUT2D eigenvalue weighted by Crippen LogP contribution is -2.05. The molecule has 0 radical (unpaired) electrons. The molecule has 0 saturated heterocycles. The van der Waals surface area contributed by atoms with Gasteiger partial charge in [-0.3, -0.25) is 20.2 Å². The van der Waals surface area contributed by atoms with Crippen LogP contribution in [0, 0.1) is 20.2 Å². The molecule has 1 N–H and O–H groups in total. The Morgan fingerprint density at radius 2 is 1.34 bits per heavy atom. The van der Waals surface area contributed by atoms with Crippen molar-refractivity contribution in [2.24, 2.45) is 0 Å². The molecule has 0 aliphatic carbocycles. The first-order valence-corrected chi connectivity index (χ1v) is 9.18. The number of nitro benzene ring substituents is 2. The summed E-state index contributed by atoms with van der Waals surface area (Å²) in [7, 11) is 2.29. The van der Waals surface area contributed by atoms with Crippen molar-refractivity contribution in [1.29, 1.82) is 0 Å². The van der Waals surface area contributed by atoms with Crippen LogP contribution in [0.4, 0.5) is 11.4 Å². The molecule has 32 heavy (non-hydrogen) atoms. The van der Waals surface area contributed by atoms with Gasteiger partial charge in [-0.2, -0.15) is 0 Å². The molecule has 0 fully saturated rings. The minimum atomic E-state index is -0.821. The van der Waals surface area contributed by atoms with Crippen LogP contribution in [0.5, 0.6) is 11.5 Å². The van der Waals surface area contributed by atoms with Crippen molar-refractivity contribution in [2.45, 2.75) is 6.92 Å². The molecule has 0 bridgehead atoms. The van der Waals surface area contributed by atoms with Gasteiger partial charge in [0.1, 0.15) is 0 Å². The second-order valence-electron chi connectivity index (χ2n) is 5.55.